The minimum atomic E-state index is -3.73. The van der Waals surface area contributed by atoms with Crippen LogP contribution in [0.15, 0.2) is 17.0 Å². The molecule has 21 heavy (non-hydrogen) atoms. The number of benzene rings is 1. The molecule has 0 aromatic heterocycles. The van der Waals surface area contributed by atoms with Gasteiger partial charge in [-0.2, -0.15) is 4.31 Å². The van der Waals surface area contributed by atoms with Crippen LogP contribution in [0.4, 0.5) is 0 Å². The molecule has 1 N–H and O–H groups in total. The number of hydrogen-bond donors (Lipinski definition) is 1. The van der Waals surface area contributed by atoms with Crippen LogP contribution in [0.2, 0.25) is 5.02 Å². The maximum atomic E-state index is 12.8. The summed E-state index contributed by atoms with van der Waals surface area (Å²) < 4.78 is 27.1. The summed E-state index contributed by atoms with van der Waals surface area (Å²) in [6, 6.07) is 2.52. The van der Waals surface area contributed by atoms with Crippen molar-refractivity contribution in [3.63, 3.8) is 0 Å². The molecule has 0 spiro atoms. The Balaban J connectivity index is 2.57. The van der Waals surface area contributed by atoms with Gasteiger partial charge in [-0.15, -0.1) is 0 Å². The lowest BCUT2D eigenvalue weighted by molar-refractivity contribution is 0.0696. The average Bonchev–Trinajstić information content (AvgIpc) is 2.40. The number of hydrogen-bond acceptors (Lipinski definition) is 3. The highest BCUT2D eigenvalue weighted by molar-refractivity contribution is 7.89. The van der Waals surface area contributed by atoms with E-state index in [0.717, 1.165) is 19.3 Å². The lowest BCUT2D eigenvalue weighted by Gasteiger charge is -2.32. The molecule has 1 fully saturated rings. The third kappa shape index (κ3) is 3.07. The molecular formula is C14H18ClNO4S. The molecule has 5 nitrogen and oxygen atoms in total. The van der Waals surface area contributed by atoms with Crippen molar-refractivity contribution in [3.05, 3.63) is 28.3 Å². The van der Waals surface area contributed by atoms with Gasteiger partial charge < -0.3 is 5.11 Å². The van der Waals surface area contributed by atoms with Crippen molar-refractivity contribution in [2.45, 2.75) is 44.0 Å². The third-order valence-corrected chi connectivity index (χ3v) is 6.24. The minimum Gasteiger partial charge on any atom is -0.478 e. The predicted octanol–water partition coefficient (Wildman–Crippen LogP) is 2.91. The molecule has 0 saturated carbocycles. The lowest BCUT2D eigenvalue weighted by Crippen LogP contribution is -2.42. The number of piperidine rings is 1. The molecule has 0 bridgehead atoms. The highest BCUT2D eigenvalue weighted by Crippen LogP contribution is 2.30. The SMILES string of the molecule is Cc1c(C(=O)O)cc(Cl)cc1S(=O)(=O)N1CCCCC1C. The van der Waals surface area contributed by atoms with Gasteiger partial charge in [0.15, 0.2) is 0 Å². The van der Waals surface area contributed by atoms with E-state index < -0.39 is 16.0 Å². The number of halogens is 1. The molecule has 116 valence electrons. The molecule has 1 aromatic carbocycles. The monoisotopic (exact) mass is 331 g/mol. The number of carboxylic acid groups (broad SMARTS) is 1. The topological polar surface area (TPSA) is 74.7 Å². The van der Waals surface area contributed by atoms with Gasteiger partial charge in [-0.1, -0.05) is 18.0 Å². The van der Waals surface area contributed by atoms with Crippen LogP contribution in [-0.4, -0.2) is 36.4 Å². The van der Waals surface area contributed by atoms with Gasteiger partial charge >= 0.3 is 5.97 Å². The Morgan fingerprint density at radius 3 is 2.62 bits per heavy atom. The standard InChI is InChI=1S/C14H18ClNO4S/c1-9-5-3-4-6-16(9)21(19,20)13-8-11(15)7-12(10(13)2)14(17)18/h7-9H,3-6H2,1-2H3,(H,17,18). The van der Waals surface area contributed by atoms with E-state index >= 15 is 0 Å². The van der Waals surface area contributed by atoms with Gasteiger partial charge in [0, 0.05) is 17.6 Å². The van der Waals surface area contributed by atoms with Crippen LogP contribution in [0.1, 0.15) is 42.1 Å². The summed E-state index contributed by atoms with van der Waals surface area (Å²) in [4.78, 5) is 11.2. The van der Waals surface area contributed by atoms with Gasteiger partial charge in [0.2, 0.25) is 10.0 Å². The minimum absolute atomic E-state index is 0.0128. The number of carbonyl (C=O) groups is 1. The van der Waals surface area contributed by atoms with Crippen molar-refractivity contribution in [3.8, 4) is 0 Å². The van der Waals surface area contributed by atoms with E-state index in [1.807, 2.05) is 6.92 Å². The summed E-state index contributed by atoms with van der Waals surface area (Å²) >= 11 is 5.90. The summed E-state index contributed by atoms with van der Waals surface area (Å²) in [5.41, 5.74) is 0.149. The van der Waals surface area contributed by atoms with E-state index in [1.54, 1.807) is 0 Å². The van der Waals surface area contributed by atoms with E-state index in [4.69, 9.17) is 11.6 Å². The van der Waals surface area contributed by atoms with Crippen molar-refractivity contribution in [1.29, 1.82) is 0 Å². The second kappa shape index (κ2) is 5.94. The fourth-order valence-corrected chi connectivity index (χ4v) is 4.96. The third-order valence-electron chi connectivity index (χ3n) is 3.88. The van der Waals surface area contributed by atoms with Gasteiger partial charge in [-0.25, -0.2) is 13.2 Å². The number of rotatable bonds is 3. The van der Waals surface area contributed by atoms with E-state index in [9.17, 15) is 18.3 Å². The molecule has 1 heterocycles. The fourth-order valence-electron chi connectivity index (χ4n) is 2.70. The highest BCUT2D eigenvalue weighted by Gasteiger charge is 2.33. The first-order valence-corrected chi connectivity index (χ1v) is 8.62. The number of carboxylic acids is 1. The Morgan fingerprint density at radius 1 is 1.38 bits per heavy atom. The Labute approximate surface area is 129 Å². The smallest absolute Gasteiger partial charge is 0.336 e. The van der Waals surface area contributed by atoms with Crippen LogP contribution in [0.25, 0.3) is 0 Å². The Kier molecular flexibility index (Phi) is 4.60. The molecule has 1 unspecified atom stereocenters. The second-order valence-electron chi connectivity index (χ2n) is 5.34. The first kappa shape index (κ1) is 16.3. The molecule has 0 aliphatic carbocycles. The first-order chi connectivity index (χ1) is 9.75. The van der Waals surface area contributed by atoms with Crippen molar-refractivity contribution in [1.82, 2.24) is 4.31 Å². The molecular weight excluding hydrogens is 314 g/mol. The van der Waals surface area contributed by atoms with Crippen molar-refractivity contribution in [2.75, 3.05) is 6.54 Å². The van der Waals surface area contributed by atoms with Crippen molar-refractivity contribution in [2.24, 2.45) is 0 Å². The second-order valence-corrected chi connectivity index (χ2v) is 7.64. The lowest BCUT2D eigenvalue weighted by atomic mass is 10.1. The van der Waals surface area contributed by atoms with E-state index in [1.165, 1.54) is 23.4 Å². The van der Waals surface area contributed by atoms with Crippen LogP contribution >= 0.6 is 11.6 Å². The van der Waals surface area contributed by atoms with E-state index in [2.05, 4.69) is 0 Å². The summed E-state index contributed by atoms with van der Waals surface area (Å²) in [6.45, 7) is 3.83. The van der Waals surface area contributed by atoms with Gasteiger partial charge in [0.1, 0.15) is 0 Å². The number of nitrogens with zero attached hydrogens (tertiary/aromatic N) is 1. The largest absolute Gasteiger partial charge is 0.478 e. The molecule has 1 atom stereocenters. The molecule has 1 saturated heterocycles. The zero-order valence-electron chi connectivity index (χ0n) is 12.0. The molecule has 1 aliphatic rings. The fraction of sp³-hybridized carbons (Fsp3) is 0.500. The Bertz CT molecular complexity index is 672. The van der Waals surface area contributed by atoms with E-state index in [0.29, 0.717) is 6.54 Å². The van der Waals surface area contributed by atoms with Crippen LogP contribution in [0, 0.1) is 6.92 Å². The molecule has 1 aromatic rings. The zero-order valence-corrected chi connectivity index (χ0v) is 13.5. The molecule has 0 amide bonds. The quantitative estimate of drug-likeness (QED) is 0.924. The molecule has 7 heteroatoms. The normalized spacial score (nSPS) is 20.4. The summed E-state index contributed by atoms with van der Waals surface area (Å²) in [5.74, 6) is -1.18. The van der Waals surface area contributed by atoms with Crippen LogP contribution < -0.4 is 0 Å². The zero-order chi connectivity index (χ0) is 15.8. The Hall–Kier alpha value is -1.11. The summed E-state index contributed by atoms with van der Waals surface area (Å²) in [5, 5.41) is 9.29. The van der Waals surface area contributed by atoms with Gasteiger partial charge in [0.25, 0.3) is 0 Å². The highest BCUT2D eigenvalue weighted by atomic mass is 35.5. The molecule has 2 rings (SSSR count). The molecule has 0 radical (unpaired) electrons. The van der Waals surface area contributed by atoms with Crippen LogP contribution in [0.5, 0.6) is 0 Å². The number of sulfonamides is 1. The average molecular weight is 332 g/mol. The summed E-state index contributed by atoms with van der Waals surface area (Å²) in [7, 11) is -3.73. The maximum absolute atomic E-state index is 12.8. The number of aromatic carboxylic acids is 1. The van der Waals surface area contributed by atoms with Gasteiger partial charge in [0.05, 0.1) is 10.5 Å². The predicted molar refractivity (Wildman–Crippen MR) is 80.4 cm³/mol. The van der Waals surface area contributed by atoms with Crippen LogP contribution in [-0.2, 0) is 10.0 Å². The first-order valence-electron chi connectivity index (χ1n) is 6.80. The molecule has 1 aliphatic heterocycles. The van der Waals surface area contributed by atoms with Gasteiger partial charge in [-0.05, 0) is 44.4 Å². The maximum Gasteiger partial charge on any atom is 0.336 e. The van der Waals surface area contributed by atoms with Crippen LogP contribution in [0.3, 0.4) is 0 Å². The summed E-state index contributed by atoms with van der Waals surface area (Å²) in [6.07, 6.45) is 2.63. The Morgan fingerprint density at radius 2 is 2.05 bits per heavy atom. The van der Waals surface area contributed by atoms with Crippen molar-refractivity contribution >= 4 is 27.6 Å². The van der Waals surface area contributed by atoms with Crippen molar-refractivity contribution < 1.29 is 18.3 Å². The van der Waals surface area contributed by atoms with E-state index in [-0.39, 0.29) is 27.1 Å². The van der Waals surface area contributed by atoms with Gasteiger partial charge in [-0.3, -0.25) is 0 Å².